The molecule has 0 amide bonds. The standard InChI is InChI=1S/C17H29N3S/c1-12(2)9-18-10-16-11-19-13(3)8-17(16)20-6-7-21-15(5)14(20)4/h8,11-12,14-15,18H,6-7,9-10H2,1-5H3. The SMILES string of the molecule is Cc1cc(N2CCSC(C)C2C)c(CNCC(C)C)cn1. The summed E-state index contributed by atoms with van der Waals surface area (Å²) in [5.74, 6) is 1.89. The van der Waals surface area contributed by atoms with Crippen molar-refractivity contribution < 1.29 is 0 Å². The predicted molar refractivity (Wildman–Crippen MR) is 94.2 cm³/mol. The van der Waals surface area contributed by atoms with Crippen molar-refractivity contribution in [1.82, 2.24) is 10.3 Å². The molecule has 3 nitrogen and oxygen atoms in total. The van der Waals surface area contributed by atoms with E-state index in [-0.39, 0.29) is 0 Å². The van der Waals surface area contributed by atoms with Crippen LogP contribution in [0, 0.1) is 12.8 Å². The summed E-state index contributed by atoms with van der Waals surface area (Å²) in [6.07, 6.45) is 2.05. The van der Waals surface area contributed by atoms with Gasteiger partial charge >= 0.3 is 0 Å². The molecular weight excluding hydrogens is 278 g/mol. The van der Waals surface area contributed by atoms with Crippen LogP contribution >= 0.6 is 11.8 Å². The first-order valence-corrected chi connectivity index (χ1v) is 9.08. The summed E-state index contributed by atoms with van der Waals surface area (Å²) in [5.41, 5.74) is 3.81. The molecule has 0 radical (unpaired) electrons. The second-order valence-corrected chi connectivity index (χ2v) is 7.97. The number of anilines is 1. The molecule has 1 aromatic rings. The third-order valence-corrected chi connectivity index (χ3v) is 5.50. The van der Waals surface area contributed by atoms with Gasteiger partial charge in [0.15, 0.2) is 0 Å². The Balaban J connectivity index is 2.18. The average Bonchev–Trinajstić information content (AvgIpc) is 2.43. The van der Waals surface area contributed by atoms with Crippen LogP contribution in [0.5, 0.6) is 0 Å². The Morgan fingerprint density at radius 3 is 2.90 bits per heavy atom. The molecule has 0 aromatic carbocycles. The summed E-state index contributed by atoms with van der Waals surface area (Å²) in [4.78, 5) is 7.08. The van der Waals surface area contributed by atoms with E-state index in [1.165, 1.54) is 17.0 Å². The molecule has 4 heteroatoms. The zero-order chi connectivity index (χ0) is 15.4. The molecule has 1 aliphatic rings. The third-order valence-electron chi connectivity index (χ3n) is 4.16. The zero-order valence-corrected chi connectivity index (χ0v) is 14.8. The number of pyridine rings is 1. The fraction of sp³-hybridized carbons (Fsp3) is 0.706. The highest BCUT2D eigenvalue weighted by atomic mass is 32.2. The topological polar surface area (TPSA) is 28.2 Å². The van der Waals surface area contributed by atoms with Crippen molar-refractivity contribution in [1.29, 1.82) is 0 Å². The van der Waals surface area contributed by atoms with E-state index in [1.807, 2.05) is 0 Å². The van der Waals surface area contributed by atoms with Crippen molar-refractivity contribution in [3.63, 3.8) is 0 Å². The Hall–Kier alpha value is -0.740. The number of nitrogens with one attached hydrogen (secondary N) is 1. The molecule has 0 spiro atoms. The number of aryl methyl sites for hydroxylation is 1. The monoisotopic (exact) mass is 307 g/mol. The van der Waals surface area contributed by atoms with Crippen LogP contribution in [0.2, 0.25) is 0 Å². The van der Waals surface area contributed by atoms with Gasteiger partial charge in [0.25, 0.3) is 0 Å². The van der Waals surface area contributed by atoms with E-state index in [0.717, 1.165) is 25.3 Å². The maximum absolute atomic E-state index is 4.50. The molecule has 2 rings (SSSR count). The predicted octanol–water partition coefficient (Wildman–Crippen LogP) is 3.47. The van der Waals surface area contributed by atoms with Crippen LogP contribution in [-0.2, 0) is 6.54 Å². The maximum atomic E-state index is 4.50. The van der Waals surface area contributed by atoms with Gasteiger partial charge in [-0.25, -0.2) is 0 Å². The number of thioether (sulfide) groups is 1. The Morgan fingerprint density at radius 2 is 2.19 bits per heavy atom. The minimum Gasteiger partial charge on any atom is -0.367 e. The fourth-order valence-corrected chi connectivity index (χ4v) is 3.85. The van der Waals surface area contributed by atoms with Gasteiger partial charge in [-0.05, 0) is 32.4 Å². The summed E-state index contributed by atoms with van der Waals surface area (Å²) in [5, 5.41) is 4.24. The van der Waals surface area contributed by atoms with Crippen LogP contribution < -0.4 is 10.2 Å². The van der Waals surface area contributed by atoms with Crippen molar-refractivity contribution in [3.05, 3.63) is 23.5 Å². The van der Waals surface area contributed by atoms with Crippen molar-refractivity contribution in [3.8, 4) is 0 Å². The summed E-state index contributed by atoms with van der Waals surface area (Å²) in [7, 11) is 0. The van der Waals surface area contributed by atoms with Crippen LogP contribution in [0.4, 0.5) is 5.69 Å². The lowest BCUT2D eigenvalue weighted by atomic mass is 10.1. The molecule has 2 heterocycles. The first-order chi connectivity index (χ1) is 9.99. The molecule has 118 valence electrons. The van der Waals surface area contributed by atoms with Crippen LogP contribution in [-0.4, -0.2) is 35.1 Å². The van der Waals surface area contributed by atoms with E-state index in [9.17, 15) is 0 Å². The van der Waals surface area contributed by atoms with E-state index in [1.54, 1.807) is 0 Å². The number of aromatic nitrogens is 1. The Bertz CT molecular complexity index is 461. The second-order valence-electron chi connectivity index (χ2n) is 6.49. The second kappa shape index (κ2) is 7.50. The van der Waals surface area contributed by atoms with E-state index in [2.05, 4.69) is 73.8 Å². The van der Waals surface area contributed by atoms with Crippen LogP contribution in [0.25, 0.3) is 0 Å². The van der Waals surface area contributed by atoms with Gasteiger partial charge in [-0.2, -0.15) is 11.8 Å². The maximum Gasteiger partial charge on any atom is 0.0448 e. The molecule has 1 aromatic heterocycles. The molecule has 0 bridgehead atoms. The van der Waals surface area contributed by atoms with Gasteiger partial charge in [0.2, 0.25) is 0 Å². The fourth-order valence-electron chi connectivity index (χ4n) is 2.75. The smallest absolute Gasteiger partial charge is 0.0448 e. The van der Waals surface area contributed by atoms with Gasteiger partial charge in [-0.3, -0.25) is 4.98 Å². The zero-order valence-electron chi connectivity index (χ0n) is 14.0. The Morgan fingerprint density at radius 1 is 1.43 bits per heavy atom. The molecule has 2 atom stereocenters. The number of hydrogen-bond donors (Lipinski definition) is 1. The number of rotatable bonds is 5. The molecule has 2 unspecified atom stereocenters. The van der Waals surface area contributed by atoms with Gasteiger partial charge < -0.3 is 10.2 Å². The van der Waals surface area contributed by atoms with E-state index in [4.69, 9.17) is 0 Å². The van der Waals surface area contributed by atoms with Gasteiger partial charge in [0, 0.05) is 53.3 Å². The van der Waals surface area contributed by atoms with Crippen molar-refractivity contribution in [2.24, 2.45) is 5.92 Å². The first-order valence-electron chi connectivity index (χ1n) is 8.03. The highest BCUT2D eigenvalue weighted by molar-refractivity contribution is 8.00. The van der Waals surface area contributed by atoms with Crippen LogP contribution in [0.3, 0.4) is 0 Å². The molecule has 21 heavy (non-hydrogen) atoms. The van der Waals surface area contributed by atoms with E-state index in [0.29, 0.717) is 17.2 Å². The molecule has 1 saturated heterocycles. The van der Waals surface area contributed by atoms with E-state index < -0.39 is 0 Å². The lowest BCUT2D eigenvalue weighted by molar-refractivity contribution is 0.549. The summed E-state index contributed by atoms with van der Waals surface area (Å²) in [6.45, 7) is 14.4. The molecular formula is C17H29N3S. The molecule has 0 aliphatic carbocycles. The normalized spacial score (nSPS) is 22.9. The highest BCUT2D eigenvalue weighted by Crippen LogP contribution is 2.31. The Kier molecular flexibility index (Phi) is 5.94. The highest BCUT2D eigenvalue weighted by Gasteiger charge is 2.26. The number of nitrogens with zero attached hydrogens (tertiary/aromatic N) is 2. The van der Waals surface area contributed by atoms with Crippen LogP contribution in [0.15, 0.2) is 12.3 Å². The lowest BCUT2D eigenvalue weighted by Crippen LogP contribution is -2.45. The van der Waals surface area contributed by atoms with E-state index >= 15 is 0 Å². The quantitative estimate of drug-likeness (QED) is 0.901. The van der Waals surface area contributed by atoms with Gasteiger partial charge in [-0.15, -0.1) is 0 Å². The molecule has 1 fully saturated rings. The van der Waals surface area contributed by atoms with Gasteiger partial charge in [0.1, 0.15) is 0 Å². The van der Waals surface area contributed by atoms with Crippen molar-refractivity contribution in [2.45, 2.75) is 52.5 Å². The molecule has 0 saturated carbocycles. The van der Waals surface area contributed by atoms with Gasteiger partial charge in [0.05, 0.1) is 0 Å². The summed E-state index contributed by atoms with van der Waals surface area (Å²) >= 11 is 2.08. The molecule has 1 aliphatic heterocycles. The largest absolute Gasteiger partial charge is 0.367 e. The van der Waals surface area contributed by atoms with Crippen molar-refractivity contribution >= 4 is 17.4 Å². The average molecular weight is 308 g/mol. The number of hydrogen-bond acceptors (Lipinski definition) is 4. The summed E-state index contributed by atoms with van der Waals surface area (Å²) < 4.78 is 0. The Labute approximate surface area is 133 Å². The van der Waals surface area contributed by atoms with Gasteiger partial charge in [-0.1, -0.05) is 20.8 Å². The van der Waals surface area contributed by atoms with Crippen molar-refractivity contribution in [2.75, 3.05) is 23.7 Å². The minimum absolute atomic E-state index is 0.578. The minimum atomic E-state index is 0.578. The lowest BCUT2D eigenvalue weighted by Gasteiger charge is -2.40. The molecule has 1 N–H and O–H groups in total. The summed E-state index contributed by atoms with van der Waals surface area (Å²) in [6, 6.07) is 2.83. The first kappa shape index (κ1) is 16.6. The third kappa shape index (κ3) is 4.36. The van der Waals surface area contributed by atoms with Crippen LogP contribution in [0.1, 0.15) is 39.0 Å².